The Morgan fingerprint density at radius 3 is 2.80 bits per heavy atom. The zero-order valence-corrected chi connectivity index (χ0v) is 7.86. The fourth-order valence-electron chi connectivity index (χ4n) is 0.785. The van der Waals surface area contributed by atoms with Gasteiger partial charge in [-0.3, -0.25) is 0 Å². The van der Waals surface area contributed by atoms with Gasteiger partial charge >= 0.3 is 73.2 Å². The van der Waals surface area contributed by atoms with Gasteiger partial charge in [0, 0.05) is 0 Å². The van der Waals surface area contributed by atoms with Gasteiger partial charge in [0.1, 0.15) is 0 Å². The molecule has 0 aromatic rings. The molecule has 0 saturated heterocycles. The number of halogens is 1. The summed E-state index contributed by atoms with van der Waals surface area (Å²) in [4.78, 5) is 0. The van der Waals surface area contributed by atoms with E-state index in [2.05, 4.69) is 14.2 Å². The Balaban J connectivity index is 2.71. The quantitative estimate of drug-likeness (QED) is 0.675. The molecule has 10 heavy (non-hydrogen) atoms. The maximum absolute atomic E-state index is 5.87. The van der Waals surface area contributed by atoms with E-state index < -0.39 is 0 Å². The van der Waals surface area contributed by atoms with Crippen molar-refractivity contribution in [3.8, 4) is 0 Å². The van der Waals surface area contributed by atoms with Crippen LogP contribution in [0.3, 0.4) is 0 Å². The molecule has 4 N–H and O–H groups in total. The van der Waals surface area contributed by atoms with E-state index in [1.165, 1.54) is 12.7 Å². The summed E-state index contributed by atoms with van der Waals surface area (Å²) in [6.07, 6.45) is 6.42. The molecule has 0 amide bonds. The van der Waals surface area contributed by atoms with Crippen molar-refractivity contribution in [2.24, 2.45) is 11.5 Å². The Kier molecular flexibility index (Phi) is 2.56. The molecule has 0 aromatic carbocycles. The molecule has 60 valence electrons. The third kappa shape index (κ3) is 1.85. The fourth-order valence-corrected chi connectivity index (χ4v) is 1.92. The van der Waals surface area contributed by atoms with Crippen LogP contribution in [0.1, 0.15) is 6.42 Å². The molecule has 1 atom stereocenters. The van der Waals surface area contributed by atoms with E-state index in [1.54, 1.807) is 0 Å². The Hall–Kier alpha value is 0.214. The molecule has 0 heterocycles. The number of hydrogen-bond donors (Lipinski definition) is 2. The topological polar surface area (TPSA) is 52.0 Å². The second kappa shape index (κ2) is 3.08. The predicted molar refractivity (Wildman–Crippen MR) is 41.9 cm³/mol. The summed E-state index contributed by atoms with van der Waals surface area (Å²) >= 11 is 4.54. The Labute approximate surface area is 73.3 Å². The van der Waals surface area contributed by atoms with Crippen molar-refractivity contribution in [1.82, 2.24) is 0 Å². The van der Waals surface area contributed by atoms with Crippen molar-refractivity contribution < 1.29 is 12.7 Å². The first-order valence-corrected chi connectivity index (χ1v) is 5.74. The van der Waals surface area contributed by atoms with Gasteiger partial charge in [-0.15, -0.1) is 0 Å². The molecule has 2 nitrogen and oxygen atoms in total. The average Bonchev–Trinajstić information content (AvgIpc) is 1.88. The van der Waals surface area contributed by atoms with Crippen LogP contribution in [0.4, 0.5) is 0 Å². The summed E-state index contributed by atoms with van der Waals surface area (Å²) in [5.74, 6) is 0. The zero-order chi connectivity index (χ0) is 7.61. The first-order valence-electron chi connectivity index (χ1n) is 2.81. The normalized spacial score (nSPS) is 32.4. The summed E-state index contributed by atoms with van der Waals surface area (Å²) in [6, 6.07) is 0. The van der Waals surface area contributed by atoms with E-state index in [0.717, 1.165) is 12.1 Å². The van der Waals surface area contributed by atoms with Crippen LogP contribution in [0.2, 0.25) is 0 Å². The van der Waals surface area contributed by atoms with Gasteiger partial charge in [0.15, 0.2) is 0 Å². The summed E-state index contributed by atoms with van der Waals surface area (Å²) in [5.41, 5.74) is 12.3. The third-order valence-corrected chi connectivity index (χ3v) is 3.86. The van der Waals surface area contributed by atoms with Crippen LogP contribution in [-0.2, 0) is 12.7 Å². The van der Waals surface area contributed by atoms with Gasteiger partial charge in [-0.2, -0.15) is 0 Å². The SMILES string of the molecule is NC1=CC=C[C](N)([Ni][Br])C1. The van der Waals surface area contributed by atoms with Crippen molar-refractivity contribution in [3.05, 3.63) is 23.9 Å². The molecule has 0 saturated carbocycles. The van der Waals surface area contributed by atoms with E-state index in [4.69, 9.17) is 11.5 Å². The van der Waals surface area contributed by atoms with Crippen LogP contribution in [0.15, 0.2) is 23.9 Å². The second-order valence-electron chi connectivity index (χ2n) is 2.21. The molecular weight excluding hydrogens is 239 g/mol. The van der Waals surface area contributed by atoms with E-state index in [-0.39, 0.29) is 4.51 Å². The summed E-state index contributed by atoms with van der Waals surface area (Å²) < 4.78 is -0.328. The van der Waals surface area contributed by atoms with Crippen LogP contribution in [0.5, 0.6) is 0 Å². The van der Waals surface area contributed by atoms with Gasteiger partial charge in [-0.1, -0.05) is 0 Å². The molecule has 0 aromatic heterocycles. The van der Waals surface area contributed by atoms with E-state index in [1.807, 2.05) is 18.2 Å². The van der Waals surface area contributed by atoms with Crippen LogP contribution in [-0.4, -0.2) is 4.51 Å². The first-order chi connectivity index (χ1) is 4.66. The van der Waals surface area contributed by atoms with Gasteiger partial charge in [0.05, 0.1) is 0 Å². The molecular formula is C6H9BrN2Ni. The van der Waals surface area contributed by atoms with Crippen molar-refractivity contribution in [3.63, 3.8) is 0 Å². The Morgan fingerprint density at radius 1 is 1.70 bits per heavy atom. The first kappa shape index (κ1) is 8.31. The molecule has 0 fully saturated rings. The summed E-state index contributed by atoms with van der Waals surface area (Å²) in [6.45, 7) is 0. The molecule has 1 aliphatic carbocycles. The summed E-state index contributed by atoms with van der Waals surface area (Å²) in [5, 5.41) is 0. The van der Waals surface area contributed by atoms with Crippen molar-refractivity contribution >= 4 is 14.2 Å². The molecule has 4 heteroatoms. The Morgan fingerprint density at radius 2 is 2.40 bits per heavy atom. The molecule has 0 bridgehead atoms. The molecule has 0 spiro atoms. The fraction of sp³-hybridized carbons (Fsp3) is 0.333. The molecule has 1 unspecified atom stereocenters. The second-order valence-corrected chi connectivity index (χ2v) is 4.35. The van der Waals surface area contributed by atoms with Gasteiger partial charge < -0.3 is 0 Å². The van der Waals surface area contributed by atoms with E-state index >= 15 is 0 Å². The zero-order valence-electron chi connectivity index (χ0n) is 5.29. The standard InChI is InChI=1S/C6H9N2.BrH.Ni/c7-5-2-1-3-6(8)4-5;;/h1-3H,4,7-8H2;1H;/q;;+1/p-1. The monoisotopic (exact) mass is 246 g/mol. The minimum atomic E-state index is -0.328. The molecule has 0 aliphatic heterocycles. The van der Waals surface area contributed by atoms with Gasteiger partial charge in [-0.05, 0) is 0 Å². The van der Waals surface area contributed by atoms with Crippen LogP contribution in [0, 0.1) is 0 Å². The molecule has 1 aliphatic rings. The van der Waals surface area contributed by atoms with Crippen LogP contribution < -0.4 is 11.5 Å². The van der Waals surface area contributed by atoms with Crippen molar-refractivity contribution in [2.45, 2.75) is 10.9 Å². The minimum absolute atomic E-state index is 0.328. The Bertz CT molecular complexity index is 190. The number of nitrogens with two attached hydrogens (primary N) is 2. The van der Waals surface area contributed by atoms with Crippen molar-refractivity contribution in [1.29, 1.82) is 0 Å². The van der Waals surface area contributed by atoms with E-state index in [9.17, 15) is 0 Å². The molecule has 1 rings (SSSR count). The maximum atomic E-state index is 5.87. The number of allylic oxidation sites excluding steroid dienone is 2. The number of rotatable bonds is 1. The van der Waals surface area contributed by atoms with Gasteiger partial charge in [0.2, 0.25) is 0 Å². The van der Waals surface area contributed by atoms with Gasteiger partial charge in [-0.25, -0.2) is 0 Å². The van der Waals surface area contributed by atoms with Crippen molar-refractivity contribution in [2.75, 3.05) is 0 Å². The van der Waals surface area contributed by atoms with Crippen LogP contribution >= 0.6 is 14.2 Å². The summed E-state index contributed by atoms with van der Waals surface area (Å²) in [7, 11) is 0. The van der Waals surface area contributed by atoms with Gasteiger partial charge in [0.25, 0.3) is 0 Å². The predicted octanol–water partition coefficient (Wildman–Crippen LogP) is 0.836. The van der Waals surface area contributed by atoms with E-state index in [0.29, 0.717) is 0 Å². The average molecular weight is 248 g/mol. The van der Waals surface area contributed by atoms with Crippen LogP contribution in [0.25, 0.3) is 0 Å². The molecule has 0 radical (unpaired) electrons. The third-order valence-electron chi connectivity index (χ3n) is 1.25. The number of hydrogen-bond acceptors (Lipinski definition) is 2.